The number of rotatable bonds is 2. The van der Waals surface area contributed by atoms with Crippen molar-refractivity contribution in [3.8, 4) is 0 Å². The first-order valence-corrected chi connectivity index (χ1v) is 10.0. The molecular formula is C21H28N4O2. The van der Waals surface area contributed by atoms with Crippen molar-refractivity contribution < 1.29 is 9.59 Å². The zero-order chi connectivity index (χ0) is 18.8. The topological polar surface area (TPSA) is 68.4 Å². The summed E-state index contributed by atoms with van der Waals surface area (Å²) in [6.07, 6.45) is 5.86. The second kappa shape index (κ2) is 7.62. The number of nitrogens with zero attached hydrogens (tertiary/aromatic N) is 2. The van der Waals surface area contributed by atoms with Crippen LogP contribution in [0.1, 0.15) is 48.2 Å². The van der Waals surface area contributed by atoms with Crippen molar-refractivity contribution in [2.75, 3.05) is 26.2 Å². The molecule has 1 aliphatic carbocycles. The molecule has 4 rings (SSSR count). The smallest absolute Gasteiger partial charge is 0.317 e. The number of aryl methyl sites for hydroxylation is 1. The molecule has 2 aromatic rings. The number of H-pyrrole nitrogens is 1. The van der Waals surface area contributed by atoms with E-state index in [0.717, 1.165) is 23.7 Å². The number of nitrogens with one attached hydrogen (secondary N) is 2. The van der Waals surface area contributed by atoms with Crippen molar-refractivity contribution in [1.82, 2.24) is 20.1 Å². The Morgan fingerprint density at radius 2 is 1.70 bits per heavy atom. The molecule has 0 radical (unpaired) electrons. The minimum absolute atomic E-state index is 0.0104. The maximum Gasteiger partial charge on any atom is 0.317 e. The van der Waals surface area contributed by atoms with Gasteiger partial charge in [-0.1, -0.05) is 31.4 Å². The van der Waals surface area contributed by atoms with Crippen molar-refractivity contribution in [3.05, 3.63) is 35.5 Å². The van der Waals surface area contributed by atoms with E-state index in [4.69, 9.17) is 0 Å². The third-order valence-electron chi connectivity index (χ3n) is 5.80. The van der Waals surface area contributed by atoms with E-state index in [9.17, 15) is 9.59 Å². The van der Waals surface area contributed by atoms with Gasteiger partial charge in [0.1, 0.15) is 5.69 Å². The predicted octanol–water partition coefficient (Wildman–Crippen LogP) is 3.28. The minimum Gasteiger partial charge on any atom is -0.351 e. The minimum atomic E-state index is 0.0104. The second-order valence-electron chi connectivity index (χ2n) is 7.84. The summed E-state index contributed by atoms with van der Waals surface area (Å²) in [5.74, 6) is 0.0104. The van der Waals surface area contributed by atoms with Crippen LogP contribution in [0.2, 0.25) is 0 Å². The summed E-state index contributed by atoms with van der Waals surface area (Å²) in [5, 5.41) is 4.22. The summed E-state index contributed by atoms with van der Waals surface area (Å²) < 4.78 is 0. The highest BCUT2D eigenvalue weighted by Crippen LogP contribution is 2.20. The number of benzene rings is 1. The highest BCUT2D eigenvalue weighted by Gasteiger charge is 2.27. The number of aromatic amines is 1. The molecule has 144 valence electrons. The molecule has 3 amide bonds. The fourth-order valence-electron chi connectivity index (χ4n) is 4.15. The SMILES string of the molecule is Cc1ccc2cc(C(=O)N3CCN(C(=O)NC4CCCCC4)CC3)[nH]c2c1. The van der Waals surface area contributed by atoms with E-state index in [1.165, 1.54) is 24.8 Å². The van der Waals surface area contributed by atoms with E-state index in [1.54, 1.807) is 0 Å². The molecule has 1 aromatic carbocycles. The van der Waals surface area contributed by atoms with E-state index in [1.807, 2.05) is 34.9 Å². The van der Waals surface area contributed by atoms with Crippen LogP contribution in [-0.4, -0.2) is 58.9 Å². The van der Waals surface area contributed by atoms with E-state index in [2.05, 4.69) is 16.4 Å². The Bertz CT molecular complexity index is 830. The molecular weight excluding hydrogens is 340 g/mol. The number of aromatic nitrogens is 1. The van der Waals surface area contributed by atoms with Gasteiger partial charge < -0.3 is 20.1 Å². The van der Waals surface area contributed by atoms with E-state index >= 15 is 0 Å². The fourth-order valence-corrected chi connectivity index (χ4v) is 4.15. The Morgan fingerprint density at radius 1 is 1.00 bits per heavy atom. The number of amides is 3. The second-order valence-corrected chi connectivity index (χ2v) is 7.84. The highest BCUT2D eigenvalue weighted by atomic mass is 16.2. The average Bonchev–Trinajstić information content (AvgIpc) is 3.11. The van der Waals surface area contributed by atoms with Crippen molar-refractivity contribution in [1.29, 1.82) is 0 Å². The molecule has 0 unspecified atom stereocenters. The lowest BCUT2D eigenvalue weighted by Crippen LogP contribution is -2.54. The standard InChI is InChI=1S/C21H28N4O2/c1-15-7-8-16-14-19(23-18(16)13-15)20(26)24-9-11-25(12-10-24)21(27)22-17-5-3-2-4-6-17/h7-8,13-14,17,23H,2-6,9-12H2,1H3,(H,22,27). The summed E-state index contributed by atoms with van der Waals surface area (Å²) in [6.45, 7) is 4.36. The van der Waals surface area contributed by atoms with Crippen LogP contribution < -0.4 is 5.32 Å². The third-order valence-corrected chi connectivity index (χ3v) is 5.80. The monoisotopic (exact) mass is 368 g/mol. The first-order chi connectivity index (χ1) is 13.1. The molecule has 2 heterocycles. The predicted molar refractivity (Wildman–Crippen MR) is 106 cm³/mol. The summed E-state index contributed by atoms with van der Waals surface area (Å²) in [6, 6.07) is 8.40. The molecule has 0 bridgehead atoms. The normalized spacial score (nSPS) is 18.7. The lowest BCUT2D eigenvalue weighted by Gasteiger charge is -2.35. The van der Waals surface area contributed by atoms with Crippen LogP contribution >= 0.6 is 0 Å². The number of carbonyl (C=O) groups is 2. The molecule has 0 spiro atoms. The maximum atomic E-state index is 12.8. The Labute approximate surface area is 159 Å². The van der Waals surface area contributed by atoms with Crippen LogP contribution in [0.25, 0.3) is 10.9 Å². The van der Waals surface area contributed by atoms with E-state index < -0.39 is 0 Å². The number of hydrogen-bond donors (Lipinski definition) is 2. The van der Waals surface area contributed by atoms with Crippen LogP contribution in [-0.2, 0) is 0 Å². The van der Waals surface area contributed by atoms with E-state index in [0.29, 0.717) is 37.9 Å². The summed E-state index contributed by atoms with van der Waals surface area (Å²) in [4.78, 5) is 32.2. The van der Waals surface area contributed by atoms with Crippen molar-refractivity contribution in [3.63, 3.8) is 0 Å². The zero-order valence-corrected chi connectivity index (χ0v) is 16.0. The third kappa shape index (κ3) is 3.94. The van der Waals surface area contributed by atoms with Gasteiger partial charge in [0, 0.05) is 43.1 Å². The molecule has 6 nitrogen and oxygen atoms in total. The number of fused-ring (bicyclic) bond motifs is 1. The van der Waals surface area contributed by atoms with Gasteiger partial charge >= 0.3 is 6.03 Å². The fraction of sp³-hybridized carbons (Fsp3) is 0.524. The quantitative estimate of drug-likeness (QED) is 0.854. The van der Waals surface area contributed by atoms with Gasteiger partial charge in [0.05, 0.1) is 0 Å². The number of hydrogen-bond acceptors (Lipinski definition) is 2. The van der Waals surface area contributed by atoms with E-state index in [-0.39, 0.29) is 11.9 Å². The highest BCUT2D eigenvalue weighted by molar-refractivity contribution is 5.98. The first kappa shape index (κ1) is 17.9. The van der Waals surface area contributed by atoms with Gasteiger partial charge in [-0.25, -0.2) is 4.79 Å². The van der Waals surface area contributed by atoms with Crippen LogP contribution in [0.3, 0.4) is 0 Å². The summed E-state index contributed by atoms with van der Waals surface area (Å²) in [7, 11) is 0. The van der Waals surface area contributed by atoms with Crippen LogP contribution in [0.15, 0.2) is 24.3 Å². The molecule has 6 heteroatoms. The Morgan fingerprint density at radius 3 is 2.44 bits per heavy atom. The van der Waals surface area contributed by atoms with Crippen molar-refractivity contribution >= 4 is 22.8 Å². The molecule has 1 saturated heterocycles. The number of piperazine rings is 1. The van der Waals surface area contributed by atoms with Crippen molar-refractivity contribution in [2.45, 2.75) is 45.1 Å². The molecule has 2 aliphatic rings. The molecule has 2 N–H and O–H groups in total. The largest absolute Gasteiger partial charge is 0.351 e. The molecule has 1 aliphatic heterocycles. The lowest BCUT2D eigenvalue weighted by molar-refractivity contribution is 0.0657. The van der Waals surface area contributed by atoms with Gasteiger partial charge in [-0.15, -0.1) is 0 Å². The first-order valence-electron chi connectivity index (χ1n) is 10.0. The zero-order valence-electron chi connectivity index (χ0n) is 16.0. The lowest BCUT2D eigenvalue weighted by atomic mass is 9.96. The van der Waals surface area contributed by atoms with Crippen molar-refractivity contribution in [2.24, 2.45) is 0 Å². The number of carbonyl (C=O) groups excluding carboxylic acids is 2. The Hall–Kier alpha value is -2.50. The maximum absolute atomic E-state index is 12.8. The van der Waals surface area contributed by atoms with Gasteiger partial charge in [-0.05, 0) is 37.5 Å². The number of urea groups is 1. The van der Waals surface area contributed by atoms with Gasteiger partial charge in [-0.3, -0.25) is 4.79 Å². The van der Waals surface area contributed by atoms with Gasteiger partial charge in [0.15, 0.2) is 0 Å². The van der Waals surface area contributed by atoms with Crippen LogP contribution in [0, 0.1) is 6.92 Å². The molecule has 0 atom stereocenters. The van der Waals surface area contributed by atoms with Gasteiger partial charge in [-0.2, -0.15) is 0 Å². The van der Waals surface area contributed by atoms with Crippen LogP contribution in [0.5, 0.6) is 0 Å². The van der Waals surface area contributed by atoms with Gasteiger partial charge in [0.2, 0.25) is 0 Å². The summed E-state index contributed by atoms with van der Waals surface area (Å²) >= 11 is 0. The molecule has 27 heavy (non-hydrogen) atoms. The average molecular weight is 368 g/mol. The van der Waals surface area contributed by atoms with Gasteiger partial charge in [0.25, 0.3) is 5.91 Å². The molecule has 1 aromatic heterocycles. The summed E-state index contributed by atoms with van der Waals surface area (Å²) in [5.41, 5.74) is 2.78. The molecule has 2 fully saturated rings. The van der Waals surface area contributed by atoms with Crippen LogP contribution in [0.4, 0.5) is 4.79 Å². The Kier molecular flexibility index (Phi) is 5.05. The Balaban J connectivity index is 1.33. The molecule has 1 saturated carbocycles.